The third kappa shape index (κ3) is 2.66. The quantitative estimate of drug-likeness (QED) is 0.853. The summed E-state index contributed by atoms with van der Waals surface area (Å²) in [6.45, 7) is 3.91. The molecule has 1 amide bonds. The molecule has 3 rings (SSSR count). The Kier molecular flexibility index (Phi) is 3.42. The van der Waals surface area contributed by atoms with E-state index >= 15 is 0 Å². The Morgan fingerprint density at radius 1 is 1.35 bits per heavy atom. The van der Waals surface area contributed by atoms with Crippen LogP contribution < -0.4 is 4.74 Å². The number of amides is 1. The highest BCUT2D eigenvalue weighted by Gasteiger charge is 2.27. The molecule has 0 saturated carbocycles. The number of fused-ring (bicyclic) bond motifs is 1. The molecular weight excluding hydrogens is 254 g/mol. The first-order valence-corrected chi connectivity index (χ1v) is 7.33. The SMILES string of the molecule is CC1(O)CCCN(C(=O)c2ccc3c(c2)CCO3)CC1. The standard InChI is InChI=1S/C16H21NO3/c1-16(19)6-2-8-17(9-7-16)15(18)13-3-4-14-12(11-13)5-10-20-14/h3-4,11,19H,2,5-10H2,1H3. The Bertz CT molecular complexity index is 524. The third-order valence-electron chi connectivity index (χ3n) is 4.29. The second kappa shape index (κ2) is 5.09. The van der Waals surface area contributed by atoms with E-state index in [1.807, 2.05) is 30.0 Å². The van der Waals surface area contributed by atoms with Crippen LogP contribution in [0.3, 0.4) is 0 Å². The number of ether oxygens (including phenoxy) is 1. The van der Waals surface area contributed by atoms with Gasteiger partial charge >= 0.3 is 0 Å². The maximum atomic E-state index is 12.6. The molecule has 1 fully saturated rings. The number of aliphatic hydroxyl groups is 1. The highest BCUT2D eigenvalue weighted by atomic mass is 16.5. The maximum absolute atomic E-state index is 12.6. The topological polar surface area (TPSA) is 49.8 Å². The van der Waals surface area contributed by atoms with Gasteiger partial charge in [0.15, 0.2) is 0 Å². The van der Waals surface area contributed by atoms with Gasteiger partial charge in [-0.15, -0.1) is 0 Å². The molecular formula is C16H21NO3. The third-order valence-corrected chi connectivity index (χ3v) is 4.29. The predicted octanol–water partition coefficient (Wildman–Crippen LogP) is 2.00. The maximum Gasteiger partial charge on any atom is 0.253 e. The van der Waals surface area contributed by atoms with Gasteiger partial charge in [-0.2, -0.15) is 0 Å². The van der Waals surface area contributed by atoms with Gasteiger partial charge in [-0.05, 0) is 49.9 Å². The smallest absolute Gasteiger partial charge is 0.253 e. The molecule has 1 aromatic rings. The fraction of sp³-hybridized carbons (Fsp3) is 0.562. The minimum absolute atomic E-state index is 0.0670. The lowest BCUT2D eigenvalue weighted by atomic mass is 9.98. The van der Waals surface area contributed by atoms with Gasteiger partial charge in [0.1, 0.15) is 5.75 Å². The largest absolute Gasteiger partial charge is 0.493 e. The van der Waals surface area contributed by atoms with Gasteiger partial charge in [-0.25, -0.2) is 0 Å². The normalized spacial score (nSPS) is 25.8. The second-order valence-corrected chi connectivity index (χ2v) is 6.06. The summed E-state index contributed by atoms with van der Waals surface area (Å²) in [5.41, 5.74) is 1.22. The van der Waals surface area contributed by atoms with E-state index in [1.165, 1.54) is 0 Å². The van der Waals surface area contributed by atoms with Crippen LogP contribution in [0.1, 0.15) is 42.1 Å². The van der Waals surface area contributed by atoms with E-state index in [9.17, 15) is 9.90 Å². The van der Waals surface area contributed by atoms with E-state index in [4.69, 9.17) is 4.74 Å². The van der Waals surface area contributed by atoms with Crippen molar-refractivity contribution in [1.82, 2.24) is 4.90 Å². The number of likely N-dealkylation sites (tertiary alicyclic amines) is 1. The van der Waals surface area contributed by atoms with Crippen molar-refractivity contribution in [2.24, 2.45) is 0 Å². The Morgan fingerprint density at radius 3 is 3.05 bits per heavy atom. The second-order valence-electron chi connectivity index (χ2n) is 6.06. The lowest BCUT2D eigenvalue weighted by molar-refractivity contribution is 0.0438. The molecule has 2 heterocycles. The van der Waals surface area contributed by atoms with E-state index in [0.717, 1.165) is 42.7 Å². The molecule has 1 atom stereocenters. The molecule has 4 nitrogen and oxygen atoms in total. The molecule has 2 aliphatic heterocycles. The summed E-state index contributed by atoms with van der Waals surface area (Å²) in [7, 11) is 0. The van der Waals surface area contributed by atoms with E-state index in [1.54, 1.807) is 0 Å². The van der Waals surface area contributed by atoms with Gasteiger partial charge in [0.2, 0.25) is 0 Å². The van der Waals surface area contributed by atoms with Crippen LogP contribution in [0, 0.1) is 0 Å². The fourth-order valence-electron chi connectivity index (χ4n) is 2.97. The first kappa shape index (κ1) is 13.4. The fourth-order valence-corrected chi connectivity index (χ4v) is 2.97. The highest BCUT2D eigenvalue weighted by molar-refractivity contribution is 5.94. The molecule has 0 aromatic heterocycles. The Labute approximate surface area is 119 Å². The minimum atomic E-state index is -0.638. The van der Waals surface area contributed by atoms with Crippen molar-refractivity contribution in [2.45, 2.75) is 38.2 Å². The Morgan fingerprint density at radius 2 is 2.20 bits per heavy atom. The molecule has 1 saturated heterocycles. The van der Waals surface area contributed by atoms with E-state index in [2.05, 4.69) is 0 Å². The molecule has 2 aliphatic rings. The van der Waals surface area contributed by atoms with Crippen LogP contribution in [0.2, 0.25) is 0 Å². The molecule has 0 spiro atoms. The van der Waals surface area contributed by atoms with Crippen LogP contribution in [-0.2, 0) is 6.42 Å². The van der Waals surface area contributed by atoms with Gasteiger partial charge in [-0.1, -0.05) is 0 Å². The van der Waals surface area contributed by atoms with Gasteiger partial charge < -0.3 is 14.7 Å². The first-order chi connectivity index (χ1) is 9.55. The Hall–Kier alpha value is -1.55. The number of hydrogen-bond acceptors (Lipinski definition) is 3. The molecule has 1 unspecified atom stereocenters. The van der Waals surface area contributed by atoms with Crippen molar-refractivity contribution < 1.29 is 14.6 Å². The molecule has 1 aromatic carbocycles. The van der Waals surface area contributed by atoms with Gasteiger partial charge in [0, 0.05) is 25.1 Å². The summed E-state index contributed by atoms with van der Waals surface area (Å²) in [5.74, 6) is 0.970. The molecule has 1 N–H and O–H groups in total. The molecule has 4 heteroatoms. The predicted molar refractivity (Wildman–Crippen MR) is 76.0 cm³/mol. The average molecular weight is 275 g/mol. The summed E-state index contributed by atoms with van der Waals surface area (Å²) < 4.78 is 5.47. The minimum Gasteiger partial charge on any atom is -0.493 e. The van der Waals surface area contributed by atoms with Crippen molar-refractivity contribution in [3.8, 4) is 5.75 Å². The molecule has 0 aliphatic carbocycles. The van der Waals surface area contributed by atoms with Gasteiger partial charge in [0.25, 0.3) is 5.91 Å². The summed E-state index contributed by atoms with van der Waals surface area (Å²) in [5, 5.41) is 10.1. The van der Waals surface area contributed by atoms with Gasteiger partial charge in [0.05, 0.1) is 12.2 Å². The van der Waals surface area contributed by atoms with Crippen LogP contribution in [-0.4, -0.2) is 41.2 Å². The van der Waals surface area contributed by atoms with Crippen LogP contribution in [0.5, 0.6) is 5.75 Å². The van der Waals surface area contributed by atoms with E-state index < -0.39 is 5.60 Å². The highest BCUT2D eigenvalue weighted by Crippen LogP contribution is 2.27. The summed E-state index contributed by atoms with van der Waals surface area (Å²) >= 11 is 0. The number of carbonyl (C=O) groups excluding carboxylic acids is 1. The van der Waals surface area contributed by atoms with Crippen molar-refractivity contribution >= 4 is 5.91 Å². The number of carbonyl (C=O) groups is 1. The van der Waals surface area contributed by atoms with Crippen LogP contribution in [0.15, 0.2) is 18.2 Å². The Balaban J connectivity index is 1.75. The first-order valence-electron chi connectivity index (χ1n) is 7.33. The zero-order valence-corrected chi connectivity index (χ0v) is 11.9. The molecule has 0 bridgehead atoms. The zero-order valence-electron chi connectivity index (χ0n) is 11.9. The monoisotopic (exact) mass is 275 g/mol. The lowest BCUT2D eigenvalue weighted by Crippen LogP contribution is -2.33. The number of rotatable bonds is 1. The van der Waals surface area contributed by atoms with Crippen molar-refractivity contribution in [3.05, 3.63) is 29.3 Å². The number of nitrogens with zero attached hydrogens (tertiary/aromatic N) is 1. The molecule has 0 radical (unpaired) electrons. The summed E-state index contributed by atoms with van der Waals surface area (Å²) in [6, 6.07) is 5.69. The van der Waals surface area contributed by atoms with Crippen LogP contribution >= 0.6 is 0 Å². The van der Waals surface area contributed by atoms with Crippen molar-refractivity contribution in [3.63, 3.8) is 0 Å². The van der Waals surface area contributed by atoms with Crippen LogP contribution in [0.4, 0.5) is 0 Å². The van der Waals surface area contributed by atoms with E-state index in [-0.39, 0.29) is 5.91 Å². The van der Waals surface area contributed by atoms with Crippen LogP contribution in [0.25, 0.3) is 0 Å². The summed E-state index contributed by atoms with van der Waals surface area (Å²) in [6.07, 6.45) is 3.14. The average Bonchev–Trinajstić information content (AvgIpc) is 2.81. The zero-order chi connectivity index (χ0) is 14.2. The van der Waals surface area contributed by atoms with Crippen molar-refractivity contribution in [2.75, 3.05) is 19.7 Å². The lowest BCUT2D eigenvalue weighted by Gasteiger charge is -2.22. The van der Waals surface area contributed by atoms with E-state index in [0.29, 0.717) is 19.6 Å². The summed E-state index contributed by atoms with van der Waals surface area (Å²) in [4.78, 5) is 14.4. The van der Waals surface area contributed by atoms with Gasteiger partial charge in [-0.3, -0.25) is 4.79 Å². The number of benzene rings is 1. The number of hydrogen-bond donors (Lipinski definition) is 1. The van der Waals surface area contributed by atoms with Crippen molar-refractivity contribution in [1.29, 1.82) is 0 Å². The molecule has 20 heavy (non-hydrogen) atoms. The molecule has 108 valence electrons.